The normalized spacial score (nSPS) is 13.4. The van der Waals surface area contributed by atoms with Crippen LogP contribution in [0.2, 0.25) is 0 Å². The zero-order valence-corrected chi connectivity index (χ0v) is 20.3. The molecule has 0 saturated heterocycles. The fourth-order valence-corrected chi connectivity index (χ4v) is 3.96. The minimum absolute atomic E-state index is 0.0168. The van der Waals surface area contributed by atoms with Crippen molar-refractivity contribution in [1.29, 1.82) is 0 Å². The molecule has 0 heterocycles. The van der Waals surface area contributed by atoms with E-state index >= 15 is 0 Å². The maximum absolute atomic E-state index is 13.6. The Balaban J connectivity index is 1.66. The summed E-state index contributed by atoms with van der Waals surface area (Å²) in [5.41, 5.74) is 1.92. The largest absolute Gasteiger partial charge is 0.482 e. The quantitative estimate of drug-likeness (QED) is 0.318. The summed E-state index contributed by atoms with van der Waals surface area (Å²) in [6.07, 6.45) is 0. The van der Waals surface area contributed by atoms with E-state index in [1.54, 1.807) is 12.1 Å². The van der Waals surface area contributed by atoms with Gasteiger partial charge >= 0.3 is 0 Å². The van der Waals surface area contributed by atoms with Gasteiger partial charge in [-0.2, -0.15) is 0 Å². The first kappa shape index (κ1) is 24.4. The highest BCUT2D eigenvalue weighted by Crippen LogP contribution is 2.31. The van der Waals surface area contributed by atoms with Crippen molar-refractivity contribution in [3.63, 3.8) is 0 Å². The lowest BCUT2D eigenvalue weighted by Gasteiger charge is -2.26. The first-order valence-electron chi connectivity index (χ1n) is 11.6. The molecule has 0 bridgehead atoms. The second-order valence-corrected chi connectivity index (χ2v) is 9.61. The maximum atomic E-state index is 13.6. The number of hydrogen-bond donors (Lipinski definition) is 2. The minimum atomic E-state index is -0.624. The van der Waals surface area contributed by atoms with E-state index < -0.39 is 16.5 Å². The monoisotopic (exact) mass is 472 g/mol. The molecule has 35 heavy (non-hydrogen) atoms. The van der Waals surface area contributed by atoms with Gasteiger partial charge in [-0.15, -0.1) is 0 Å². The van der Waals surface area contributed by atoms with Gasteiger partial charge in [0, 0.05) is 11.7 Å². The Morgan fingerprint density at radius 1 is 0.800 bits per heavy atom. The van der Waals surface area contributed by atoms with Gasteiger partial charge in [-0.05, 0) is 68.7 Å². The van der Waals surface area contributed by atoms with Crippen molar-refractivity contribution in [1.82, 2.24) is 5.32 Å². The summed E-state index contributed by atoms with van der Waals surface area (Å²) in [5.74, 6) is -0.246. The van der Waals surface area contributed by atoms with Gasteiger partial charge in [0.05, 0.1) is 6.04 Å². The van der Waals surface area contributed by atoms with Gasteiger partial charge < -0.3 is 10.1 Å². The third-order valence-electron chi connectivity index (χ3n) is 5.68. The average molecular weight is 473 g/mol. The van der Waals surface area contributed by atoms with Gasteiger partial charge in [-0.1, -0.05) is 54.6 Å². The predicted octanol–water partition coefficient (Wildman–Crippen LogP) is 5.78. The molecule has 0 aliphatic heterocycles. The van der Waals surface area contributed by atoms with E-state index in [0.717, 1.165) is 16.7 Å². The fourth-order valence-electron chi connectivity index (χ4n) is 3.96. The van der Waals surface area contributed by atoms with Crippen LogP contribution < -0.4 is 26.2 Å². The van der Waals surface area contributed by atoms with Crippen LogP contribution in [0.5, 0.6) is 5.75 Å². The lowest BCUT2D eigenvalue weighted by Crippen LogP contribution is -2.39. The summed E-state index contributed by atoms with van der Waals surface area (Å²) in [6, 6.07) is 23.8. The molecular weight excluding hydrogens is 443 g/mol. The second-order valence-electron chi connectivity index (χ2n) is 9.61. The van der Waals surface area contributed by atoms with Crippen LogP contribution in [0.15, 0.2) is 88.5 Å². The van der Waals surface area contributed by atoms with Crippen LogP contribution in [0.4, 0.5) is 15.8 Å². The van der Waals surface area contributed by atoms with E-state index in [4.69, 9.17) is 4.74 Å². The van der Waals surface area contributed by atoms with Crippen molar-refractivity contribution < 1.29 is 9.13 Å². The Labute approximate surface area is 204 Å². The smallest absolute Gasteiger partial charge is 0.272 e. The van der Waals surface area contributed by atoms with Crippen molar-refractivity contribution in [2.24, 2.45) is 0 Å². The molecule has 2 atom stereocenters. The predicted molar refractivity (Wildman–Crippen MR) is 138 cm³/mol. The zero-order valence-electron chi connectivity index (χ0n) is 20.3. The lowest BCUT2D eigenvalue weighted by atomic mass is 9.96. The molecule has 6 heteroatoms. The molecule has 2 N–H and O–H groups in total. The van der Waals surface area contributed by atoms with E-state index in [1.807, 2.05) is 63.2 Å². The van der Waals surface area contributed by atoms with Gasteiger partial charge in [-0.25, -0.2) is 4.39 Å². The molecule has 5 nitrogen and oxygen atoms in total. The van der Waals surface area contributed by atoms with E-state index in [2.05, 4.69) is 29.7 Å². The zero-order chi connectivity index (χ0) is 25.2. The van der Waals surface area contributed by atoms with Gasteiger partial charge in [-0.3, -0.25) is 14.9 Å². The third kappa shape index (κ3) is 5.66. The minimum Gasteiger partial charge on any atom is -0.482 e. The van der Waals surface area contributed by atoms with Crippen molar-refractivity contribution in [3.05, 3.63) is 122 Å². The average Bonchev–Trinajstić information content (AvgIpc) is 2.85. The van der Waals surface area contributed by atoms with Crippen LogP contribution in [-0.2, 0) is 0 Å². The van der Waals surface area contributed by atoms with Gasteiger partial charge in [0.1, 0.15) is 17.1 Å². The van der Waals surface area contributed by atoms with Crippen LogP contribution in [-0.4, -0.2) is 5.60 Å². The maximum Gasteiger partial charge on any atom is 0.272 e. The molecule has 0 aromatic heterocycles. The molecule has 4 aromatic rings. The number of anilines is 2. The molecule has 0 saturated carbocycles. The molecule has 0 fully saturated rings. The van der Waals surface area contributed by atoms with Crippen molar-refractivity contribution in [2.75, 3.05) is 5.32 Å². The van der Waals surface area contributed by atoms with Gasteiger partial charge in [0.15, 0.2) is 5.75 Å². The summed E-state index contributed by atoms with van der Waals surface area (Å²) < 4.78 is 19.3. The lowest BCUT2D eigenvalue weighted by molar-refractivity contribution is 0.128. The standard InChI is InChI=1S/C29H29FN2O3/c1-18(19-9-6-5-7-10-19)31-24(20-13-15-22(30)16-14-20)21-11-8-12-23(17-21)32-25-26(33)27(34)28(25)35-29(2,3)4/h5-18,24,31-32H,1-4H3/t18-,24?/m1/s1. The van der Waals surface area contributed by atoms with E-state index in [1.165, 1.54) is 12.1 Å². The van der Waals surface area contributed by atoms with Gasteiger partial charge in [0.25, 0.3) is 10.9 Å². The Kier molecular flexibility index (Phi) is 6.85. The summed E-state index contributed by atoms with van der Waals surface area (Å²) in [7, 11) is 0. The molecule has 4 aromatic carbocycles. The van der Waals surface area contributed by atoms with Crippen LogP contribution in [0, 0.1) is 5.82 Å². The fraction of sp³-hybridized carbons (Fsp3) is 0.241. The van der Waals surface area contributed by atoms with E-state index in [9.17, 15) is 14.0 Å². The van der Waals surface area contributed by atoms with Crippen molar-refractivity contribution >= 4 is 11.4 Å². The first-order valence-corrected chi connectivity index (χ1v) is 11.6. The Morgan fingerprint density at radius 3 is 2.11 bits per heavy atom. The van der Waals surface area contributed by atoms with Crippen molar-refractivity contribution in [3.8, 4) is 5.75 Å². The van der Waals surface area contributed by atoms with Crippen LogP contribution in [0.3, 0.4) is 0 Å². The summed E-state index contributed by atoms with van der Waals surface area (Å²) in [5, 5.41) is 6.71. The number of ether oxygens (including phenoxy) is 1. The summed E-state index contributed by atoms with van der Waals surface area (Å²) in [6.45, 7) is 7.54. The van der Waals surface area contributed by atoms with E-state index in [-0.39, 0.29) is 29.3 Å². The highest BCUT2D eigenvalue weighted by molar-refractivity contribution is 5.70. The SMILES string of the molecule is C[C@@H](NC(c1ccc(F)cc1)c1cccc(Nc2c(OC(C)(C)C)c(=O)c2=O)c1)c1ccccc1. The van der Waals surface area contributed by atoms with Crippen molar-refractivity contribution in [2.45, 2.75) is 45.4 Å². The van der Waals surface area contributed by atoms with Crippen LogP contribution >= 0.6 is 0 Å². The number of benzene rings is 3. The topological polar surface area (TPSA) is 67.4 Å². The highest BCUT2D eigenvalue weighted by Gasteiger charge is 2.27. The highest BCUT2D eigenvalue weighted by atomic mass is 19.1. The van der Waals surface area contributed by atoms with Crippen LogP contribution in [0.1, 0.15) is 56.5 Å². The molecule has 0 spiro atoms. The molecule has 4 rings (SSSR count). The Hall–Kier alpha value is -3.77. The molecule has 0 aliphatic rings. The molecular formula is C29H29FN2O3. The summed E-state index contributed by atoms with van der Waals surface area (Å²) >= 11 is 0. The Bertz CT molecular complexity index is 1370. The number of hydrogen-bond acceptors (Lipinski definition) is 5. The summed E-state index contributed by atoms with van der Waals surface area (Å²) in [4.78, 5) is 24.3. The molecule has 180 valence electrons. The Morgan fingerprint density at radius 2 is 1.46 bits per heavy atom. The van der Waals surface area contributed by atoms with E-state index in [0.29, 0.717) is 5.69 Å². The number of nitrogens with one attached hydrogen (secondary N) is 2. The van der Waals surface area contributed by atoms with Gasteiger partial charge in [0.2, 0.25) is 0 Å². The molecule has 0 amide bonds. The second kappa shape index (κ2) is 9.84. The number of rotatable bonds is 8. The molecule has 1 unspecified atom stereocenters. The molecule has 0 radical (unpaired) electrons. The number of halogens is 1. The first-order chi connectivity index (χ1) is 16.6. The third-order valence-corrected chi connectivity index (χ3v) is 5.68. The van der Waals surface area contributed by atoms with Crippen LogP contribution in [0.25, 0.3) is 0 Å². The molecule has 0 aliphatic carbocycles.